The number of hydrogen-bond donors (Lipinski definition) is 0. The van der Waals surface area contributed by atoms with Crippen molar-refractivity contribution in [2.45, 2.75) is 13.8 Å². The number of allylic oxidation sites excluding steroid dienone is 1. The van der Waals surface area contributed by atoms with E-state index < -0.39 is 0 Å². The molecule has 0 unspecified atom stereocenters. The summed E-state index contributed by atoms with van der Waals surface area (Å²) in [5, 5.41) is 5.91. The second-order valence-electron chi connectivity index (χ2n) is 5.50. The van der Waals surface area contributed by atoms with Crippen molar-refractivity contribution in [3.8, 4) is 5.75 Å². The molecule has 24 heavy (non-hydrogen) atoms. The smallest absolute Gasteiger partial charge is 0.353 e. The summed E-state index contributed by atoms with van der Waals surface area (Å²) in [6.07, 6.45) is 1.81. The Labute approximate surface area is 141 Å². The Kier molecular flexibility index (Phi) is 4.33. The number of para-hydroxylation sites is 1. The molecule has 5 nitrogen and oxygen atoms in total. The van der Waals surface area contributed by atoms with Gasteiger partial charge in [0.15, 0.2) is 0 Å². The molecule has 0 atom stereocenters. The van der Waals surface area contributed by atoms with Gasteiger partial charge in [-0.25, -0.2) is 4.79 Å². The third-order valence-electron chi connectivity index (χ3n) is 3.88. The fourth-order valence-electron chi connectivity index (χ4n) is 2.38. The van der Waals surface area contributed by atoms with Gasteiger partial charge in [0.25, 0.3) is 0 Å². The highest BCUT2D eigenvalue weighted by molar-refractivity contribution is 6.10. The van der Waals surface area contributed by atoms with E-state index in [-0.39, 0.29) is 6.03 Å². The van der Waals surface area contributed by atoms with Gasteiger partial charge in [-0.1, -0.05) is 18.2 Å². The lowest BCUT2D eigenvalue weighted by molar-refractivity contribution is 0.253. The number of urea groups is 1. The number of rotatable bonds is 3. The summed E-state index contributed by atoms with van der Waals surface area (Å²) < 4.78 is 5.18. The molecule has 122 valence electrons. The highest BCUT2D eigenvalue weighted by Gasteiger charge is 2.25. The van der Waals surface area contributed by atoms with E-state index >= 15 is 0 Å². The minimum atomic E-state index is -0.234. The molecule has 5 heteroatoms. The number of ether oxygens (including phenoxy) is 1. The van der Waals surface area contributed by atoms with Crippen LogP contribution in [0.2, 0.25) is 0 Å². The quantitative estimate of drug-likeness (QED) is 0.840. The number of anilines is 2. The van der Waals surface area contributed by atoms with E-state index in [1.807, 2.05) is 74.6 Å². The molecular weight excluding hydrogens is 302 g/mol. The van der Waals surface area contributed by atoms with Crippen LogP contribution in [0, 0.1) is 0 Å². The monoisotopic (exact) mass is 321 g/mol. The summed E-state index contributed by atoms with van der Waals surface area (Å²) in [5.74, 6) is 0.745. The first kappa shape index (κ1) is 15.8. The minimum Gasteiger partial charge on any atom is -0.497 e. The molecule has 2 amide bonds. The molecule has 0 radical (unpaired) electrons. The summed E-state index contributed by atoms with van der Waals surface area (Å²) in [4.78, 5) is 14.7. The molecule has 0 bridgehead atoms. The molecule has 0 saturated carbocycles. The predicted octanol–water partition coefficient (Wildman–Crippen LogP) is 4.42. The van der Waals surface area contributed by atoms with Gasteiger partial charge in [0, 0.05) is 6.20 Å². The third kappa shape index (κ3) is 3.01. The lowest BCUT2D eigenvalue weighted by atomic mass is 10.2. The maximum absolute atomic E-state index is 13.1. The van der Waals surface area contributed by atoms with E-state index in [4.69, 9.17) is 4.74 Å². The molecule has 0 aromatic heterocycles. The van der Waals surface area contributed by atoms with Crippen LogP contribution in [0.25, 0.3) is 0 Å². The van der Waals surface area contributed by atoms with E-state index in [0.29, 0.717) is 0 Å². The van der Waals surface area contributed by atoms with Gasteiger partial charge < -0.3 is 4.74 Å². The fraction of sp³-hybridized carbons (Fsp3) is 0.158. The Bertz CT molecular complexity index is 795. The van der Waals surface area contributed by atoms with Crippen molar-refractivity contribution < 1.29 is 9.53 Å². The van der Waals surface area contributed by atoms with Crippen molar-refractivity contribution in [2.24, 2.45) is 5.10 Å². The largest absolute Gasteiger partial charge is 0.497 e. The number of nitrogens with zero attached hydrogens (tertiary/aromatic N) is 3. The molecule has 1 aliphatic heterocycles. The highest BCUT2D eigenvalue weighted by Crippen LogP contribution is 2.26. The molecule has 1 aliphatic rings. The van der Waals surface area contributed by atoms with Crippen LogP contribution in [-0.2, 0) is 0 Å². The van der Waals surface area contributed by atoms with Crippen molar-refractivity contribution in [3.63, 3.8) is 0 Å². The number of hydrazone groups is 1. The zero-order chi connectivity index (χ0) is 17.1. The number of carbonyl (C=O) groups excluding carboxylic acids is 1. The Balaban J connectivity index is 2.04. The maximum atomic E-state index is 13.1. The van der Waals surface area contributed by atoms with Gasteiger partial charge in [-0.15, -0.1) is 0 Å². The Morgan fingerprint density at radius 1 is 0.917 bits per heavy atom. The molecule has 0 fully saturated rings. The predicted molar refractivity (Wildman–Crippen MR) is 96.7 cm³/mol. The van der Waals surface area contributed by atoms with Crippen molar-refractivity contribution in [3.05, 3.63) is 66.4 Å². The Morgan fingerprint density at radius 2 is 1.58 bits per heavy atom. The van der Waals surface area contributed by atoms with E-state index in [1.54, 1.807) is 12.0 Å². The van der Waals surface area contributed by atoms with Gasteiger partial charge in [-0.05, 0) is 55.8 Å². The summed E-state index contributed by atoms with van der Waals surface area (Å²) in [7, 11) is 1.62. The van der Waals surface area contributed by atoms with Crippen LogP contribution >= 0.6 is 0 Å². The van der Waals surface area contributed by atoms with Crippen molar-refractivity contribution in [2.75, 3.05) is 17.0 Å². The van der Waals surface area contributed by atoms with Crippen LogP contribution in [0.3, 0.4) is 0 Å². The van der Waals surface area contributed by atoms with Gasteiger partial charge in [0.05, 0.1) is 24.2 Å². The van der Waals surface area contributed by atoms with Crippen LogP contribution in [0.5, 0.6) is 5.75 Å². The molecule has 1 heterocycles. The van der Waals surface area contributed by atoms with Crippen molar-refractivity contribution >= 4 is 23.1 Å². The van der Waals surface area contributed by atoms with Crippen LogP contribution in [0.4, 0.5) is 16.2 Å². The number of benzene rings is 2. The van der Waals surface area contributed by atoms with E-state index in [1.165, 1.54) is 5.01 Å². The van der Waals surface area contributed by atoms with Gasteiger partial charge >= 0.3 is 6.03 Å². The first-order valence-electron chi connectivity index (χ1n) is 7.66. The zero-order valence-electron chi connectivity index (χ0n) is 13.9. The van der Waals surface area contributed by atoms with E-state index in [9.17, 15) is 4.79 Å². The van der Waals surface area contributed by atoms with Crippen LogP contribution in [-0.4, -0.2) is 18.9 Å². The molecule has 3 rings (SSSR count). The zero-order valence-corrected chi connectivity index (χ0v) is 13.9. The fourth-order valence-corrected chi connectivity index (χ4v) is 2.38. The lowest BCUT2D eigenvalue weighted by Crippen LogP contribution is -2.37. The molecular formula is C19H19N3O2. The topological polar surface area (TPSA) is 45.1 Å². The average molecular weight is 321 g/mol. The summed E-state index contributed by atoms with van der Waals surface area (Å²) in [5.41, 5.74) is 3.20. The second kappa shape index (κ2) is 6.58. The van der Waals surface area contributed by atoms with Crippen LogP contribution < -0.4 is 14.6 Å². The Morgan fingerprint density at radius 3 is 2.21 bits per heavy atom. The second-order valence-corrected chi connectivity index (χ2v) is 5.50. The number of hydrogen-bond acceptors (Lipinski definition) is 3. The molecule has 2 aromatic carbocycles. The van der Waals surface area contributed by atoms with Gasteiger partial charge in [-0.3, -0.25) is 4.90 Å². The van der Waals surface area contributed by atoms with Crippen LogP contribution in [0.1, 0.15) is 13.8 Å². The average Bonchev–Trinajstić information content (AvgIpc) is 2.74. The van der Waals surface area contributed by atoms with Crippen LogP contribution in [0.15, 0.2) is 71.5 Å². The van der Waals surface area contributed by atoms with E-state index in [2.05, 4.69) is 5.10 Å². The first-order chi connectivity index (χ1) is 11.6. The molecule has 0 N–H and O–H groups in total. The number of carbonyl (C=O) groups is 1. The summed E-state index contributed by atoms with van der Waals surface area (Å²) in [6, 6.07) is 16.5. The number of methoxy groups -OCH3 is 1. The minimum absolute atomic E-state index is 0.234. The lowest BCUT2D eigenvalue weighted by Gasteiger charge is -2.24. The van der Waals surface area contributed by atoms with Gasteiger partial charge in [-0.2, -0.15) is 10.1 Å². The van der Waals surface area contributed by atoms with Crippen molar-refractivity contribution in [1.82, 2.24) is 0 Å². The summed E-state index contributed by atoms with van der Waals surface area (Å²) in [6.45, 7) is 3.84. The highest BCUT2D eigenvalue weighted by atomic mass is 16.5. The SMILES string of the molecule is COc1ccc(N2C=C(C)C(C)=NN(c3ccccc3)C2=O)cc1. The molecule has 2 aromatic rings. The molecule has 0 spiro atoms. The normalized spacial score (nSPS) is 14.9. The van der Waals surface area contributed by atoms with E-state index in [0.717, 1.165) is 28.4 Å². The van der Waals surface area contributed by atoms with Gasteiger partial charge in [0.1, 0.15) is 5.75 Å². The standard InChI is InChI=1S/C19H19N3O2/c1-14-13-21(16-9-11-18(24-3)12-10-16)19(23)22(20-15(14)2)17-7-5-4-6-8-17/h4-13H,1-3H3. The molecule has 0 saturated heterocycles. The third-order valence-corrected chi connectivity index (χ3v) is 3.88. The molecule has 0 aliphatic carbocycles. The van der Waals surface area contributed by atoms with Crippen molar-refractivity contribution in [1.29, 1.82) is 0 Å². The number of amides is 2. The summed E-state index contributed by atoms with van der Waals surface area (Å²) >= 11 is 0. The maximum Gasteiger partial charge on any atom is 0.353 e. The van der Waals surface area contributed by atoms with Gasteiger partial charge in [0.2, 0.25) is 0 Å². The Hall–Kier alpha value is -3.08. The first-order valence-corrected chi connectivity index (χ1v) is 7.66.